The van der Waals surface area contributed by atoms with Gasteiger partial charge >= 0.3 is 29.4 Å². The second-order valence-electron chi connectivity index (χ2n) is 12.2. The van der Waals surface area contributed by atoms with Gasteiger partial charge in [0.15, 0.2) is 17.7 Å². The number of hydrogen-bond acceptors (Lipinski definition) is 19. The lowest BCUT2D eigenvalue weighted by Crippen LogP contribution is -2.46. The normalized spacial score (nSPS) is 21.7. The Balaban J connectivity index is 1.48. The van der Waals surface area contributed by atoms with Crippen molar-refractivity contribution in [3.05, 3.63) is 24.8 Å². The van der Waals surface area contributed by atoms with E-state index in [2.05, 4.69) is 34.4 Å². The van der Waals surface area contributed by atoms with Crippen LogP contribution in [0, 0.1) is 5.41 Å². The van der Waals surface area contributed by atoms with Crippen molar-refractivity contribution >= 4 is 75.1 Å². The molecule has 56 heavy (non-hydrogen) atoms. The van der Waals surface area contributed by atoms with Gasteiger partial charge in [-0.3, -0.25) is 37.3 Å². The number of carboxylic acids is 1. The zero-order valence-corrected chi connectivity index (χ0v) is 32.8. The molecule has 0 radical (unpaired) electrons. The fourth-order valence-corrected chi connectivity index (χ4v) is 8.01. The molecule has 1 aliphatic rings. The van der Waals surface area contributed by atoms with E-state index in [0.29, 0.717) is 0 Å². The first-order chi connectivity index (χ1) is 25.9. The third-order valence-electron chi connectivity index (χ3n) is 7.29. The van der Waals surface area contributed by atoms with Gasteiger partial charge in [-0.1, -0.05) is 31.7 Å². The number of aliphatic carboxylic acids is 1. The van der Waals surface area contributed by atoms with E-state index in [0.717, 1.165) is 35.1 Å². The van der Waals surface area contributed by atoms with Crippen molar-refractivity contribution in [3.63, 3.8) is 0 Å². The average Bonchev–Trinajstić information content (AvgIpc) is 3.64. The number of ether oxygens (including phenoxy) is 1. The number of carbonyl (C=O) groups is 4. The van der Waals surface area contributed by atoms with E-state index >= 15 is 0 Å². The summed E-state index contributed by atoms with van der Waals surface area (Å²) in [4.78, 5) is 97.4. The molecular weight excluding hydrogens is 839 g/mol. The number of thioether (sulfide) groups is 1. The summed E-state index contributed by atoms with van der Waals surface area (Å²) in [5.41, 5.74) is 4.20. The fourth-order valence-electron chi connectivity index (χ4n) is 4.59. The maximum Gasteiger partial charge on any atom is 0.481 e. The maximum absolute atomic E-state index is 12.7. The molecule has 314 valence electrons. The Morgan fingerprint density at radius 2 is 1.75 bits per heavy atom. The van der Waals surface area contributed by atoms with Crippen LogP contribution in [0.4, 0.5) is 5.82 Å². The van der Waals surface area contributed by atoms with Crippen LogP contribution in [-0.2, 0) is 55.5 Å². The predicted octanol–water partition coefficient (Wildman–Crippen LogP) is -1.30. The Bertz CT molecular complexity index is 1910. The topological polar surface area (TPSA) is 401 Å². The molecule has 11 N–H and O–H groups in total. The van der Waals surface area contributed by atoms with Gasteiger partial charge in [-0.2, -0.15) is 4.31 Å². The van der Waals surface area contributed by atoms with E-state index in [1.165, 1.54) is 19.9 Å². The van der Waals surface area contributed by atoms with E-state index in [4.69, 9.17) is 24.6 Å². The quantitative estimate of drug-likeness (QED) is 0.0373. The lowest BCUT2D eigenvalue weighted by molar-refractivity contribution is -0.137. The summed E-state index contributed by atoms with van der Waals surface area (Å²) < 4.78 is 61.9. The summed E-state index contributed by atoms with van der Waals surface area (Å²) in [6.07, 6.45) is -5.12. The molecule has 1 saturated heterocycles. The van der Waals surface area contributed by atoms with Gasteiger partial charge in [0.25, 0.3) is 0 Å². The Kier molecular flexibility index (Phi) is 16.8. The summed E-state index contributed by atoms with van der Waals surface area (Å²) in [6.45, 7) is 0.211. The Hall–Kier alpha value is -3.23. The number of phosphoric ester groups is 3. The minimum absolute atomic E-state index is 0.0192. The van der Waals surface area contributed by atoms with Crippen molar-refractivity contribution in [2.45, 2.75) is 57.3 Å². The van der Waals surface area contributed by atoms with E-state index in [1.54, 1.807) is 0 Å². The van der Waals surface area contributed by atoms with E-state index in [1.807, 2.05) is 0 Å². The predicted molar refractivity (Wildman–Crippen MR) is 188 cm³/mol. The highest BCUT2D eigenvalue weighted by Gasteiger charge is 2.50. The van der Waals surface area contributed by atoms with Crippen LogP contribution in [0.1, 0.15) is 32.9 Å². The van der Waals surface area contributed by atoms with Crippen molar-refractivity contribution < 1.29 is 90.4 Å². The number of imidazole rings is 1. The highest BCUT2D eigenvalue weighted by atomic mass is 32.2. The zero-order valence-electron chi connectivity index (χ0n) is 29.3. The van der Waals surface area contributed by atoms with Gasteiger partial charge in [-0.25, -0.2) is 28.6 Å². The van der Waals surface area contributed by atoms with Gasteiger partial charge < -0.3 is 56.0 Å². The molecule has 7 unspecified atom stereocenters. The first-order valence-corrected chi connectivity index (χ1v) is 21.4. The molecule has 30 heteroatoms. The minimum atomic E-state index is -5.59. The van der Waals surface area contributed by atoms with Crippen molar-refractivity contribution in [3.8, 4) is 0 Å². The Morgan fingerprint density at radius 3 is 2.41 bits per heavy atom. The van der Waals surface area contributed by atoms with Crippen molar-refractivity contribution in [1.29, 1.82) is 0 Å². The lowest BCUT2D eigenvalue weighted by atomic mass is 9.87. The standard InChI is InChI=1S/C26H40N7O19P3S/c1-26(2,21(39)24(40)29-7-6-15(34)28-8-9-56-17(37)5-3-4-16(35)36)11-49-55(46,47)52-54(44,45)48-10-14-20(51-53(41,42)43)19(38)25(50-14)33-13-32-18-22(27)30-12-31-23(18)33/h3,5,12-14,19-21,25,38-39H,4,6-11H2,1-2H3,(H,28,34)(H,29,40)(H,35,36)(H,44,45)(H,46,47)(H2,27,30,31)(H2,41,42,43)/b5-3+. The van der Waals surface area contributed by atoms with E-state index in [-0.39, 0.29) is 48.7 Å². The van der Waals surface area contributed by atoms with Crippen molar-refractivity contribution in [2.24, 2.45) is 5.41 Å². The summed E-state index contributed by atoms with van der Waals surface area (Å²) in [6, 6.07) is 0. The molecule has 0 bridgehead atoms. The average molecular weight is 880 g/mol. The van der Waals surface area contributed by atoms with Gasteiger partial charge in [0.2, 0.25) is 16.9 Å². The van der Waals surface area contributed by atoms with Crippen LogP contribution >= 0.6 is 35.2 Å². The summed E-state index contributed by atoms with van der Waals surface area (Å²) in [5, 5.41) is 34.3. The van der Waals surface area contributed by atoms with Crippen LogP contribution < -0.4 is 16.4 Å². The molecule has 2 aromatic rings. The highest BCUT2D eigenvalue weighted by molar-refractivity contribution is 8.14. The number of aromatic nitrogens is 4. The van der Waals surface area contributed by atoms with E-state index in [9.17, 15) is 62.7 Å². The molecule has 1 aliphatic heterocycles. The molecule has 0 aromatic carbocycles. The SMILES string of the molecule is CC(C)(COP(=O)(O)OP(=O)(O)OCC1OC(n2cnc3c(N)ncnc32)C(O)C1OP(=O)(O)O)C(O)C(=O)NCCC(=O)NCCSC(=O)/C=C/CC(=O)O. The number of anilines is 1. The monoisotopic (exact) mass is 879 g/mol. The number of nitrogens with two attached hydrogens (primary N) is 1. The second kappa shape index (κ2) is 20.0. The molecule has 0 aliphatic carbocycles. The highest BCUT2D eigenvalue weighted by Crippen LogP contribution is 2.61. The lowest BCUT2D eigenvalue weighted by Gasteiger charge is -2.30. The molecule has 2 amide bonds. The molecule has 0 spiro atoms. The van der Waals surface area contributed by atoms with Crippen LogP contribution in [-0.4, -0.2) is 134 Å². The molecule has 3 rings (SSSR count). The van der Waals surface area contributed by atoms with Crippen LogP contribution in [0.3, 0.4) is 0 Å². The molecule has 2 aromatic heterocycles. The molecule has 7 atom stereocenters. The smallest absolute Gasteiger partial charge is 0.481 e. The number of aliphatic hydroxyl groups is 2. The first kappa shape index (κ1) is 47.1. The zero-order chi connectivity index (χ0) is 42.1. The van der Waals surface area contributed by atoms with Crippen LogP contribution in [0.25, 0.3) is 11.2 Å². The molecule has 0 saturated carbocycles. The number of aliphatic hydroxyl groups excluding tert-OH is 2. The maximum atomic E-state index is 12.7. The Morgan fingerprint density at radius 1 is 1.07 bits per heavy atom. The number of rotatable bonds is 22. The number of fused-ring (bicyclic) bond motifs is 1. The summed E-state index contributed by atoms with van der Waals surface area (Å²) >= 11 is 0.842. The third-order valence-corrected chi connectivity index (χ3v) is 11.2. The summed E-state index contributed by atoms with van der Waals surface area (Å²) in [7, 11) is -16.4. The second-order valence-corrected chi connectivity index (χ2v) is 17.6. The number of hydrogen-bond donors (Lipinski definition) is 10. The van der Waals surface area contributed by atoms with Crippen LogP contribution in [0.2, 0.25) is 0 Å². The molecule has 3 heterocycles. The van der Waals surface area contributed by atoms with Crippen molar-refractivity contribution in [2.75, 3.05) is 37.8 Å². The number of nitrogen functional groups attached to an aromatic ring is 1. The van der Waals surface area contributed by atoms with Gasteiger partial charge in [-0.05, 0) is 6.08 Å². The van der Waals surface area contributed by atoms with Crippen molar-refractivity contribution in [1.82, 2.24) is 30.2 Å². The number of amides is 2. The van der Waals surface area contributed by atoms with Gasteiger partial charge in [0.05, 0.1) is 26.0 Å². The third kappa shape index (κ3) is 14.6. The van der Waals surface area contributed by atoms with Gasteiger partial charge in [0, 0.05) is 30.7 Å². The first-order valence-electron chi connectivity index (χ1n) is 15.9. The number of nitrogens with zero attached hydrogens (tertiary/aromatic N) is 4. The fraction of sp³-hybridized carbons (Fsp3) is 0.577. The molecule has 26 nitrogen and oxygen atoms in total. The number of phosphoric acid groups is 3. The van der Waals surface area contributed by atoms with E-state index < -0.39 is 95.6 Å². The number of carbonyl (C=O) groups excluding carboxylic acids is 3. The van der Waals surface area contributed by atoms with Gasteiger partial charge in [-0.15, -0.1) is 0 Å². The Labute approximate surface area is 320 Å². The summed E-state index contributed by atoms with van der Waals surface area (Å²) in [5.74, 6) is -2.50. The van der Waals surface area contributed by atoms with Crippen LogP contribution in [0.15, 0.2) is 24.8 Å². The number of carboxylic acid groups (broad SMARTS) is 1. The van der Waals surface area contributed by atoms with Crippen LogP contribution in [0.5, 0.6) is 0 Å². The molecular formula is C26H40N7O19P3S. The minimum Gasteiger partial charge on any atom is -0.481 e. The number of nitrogens with one attached hydrogen (secondary N) is 2. The largest absolute Gasteiger partial charge is 0.481 e. The molecule has 1 fully saturated rings. The van der Waals surface area contributed by atoms with Gasteiger partial charge in [0.1, 0.15) is 36.3 Å².